The molecule has 5 heteroatoms. The third-order valence-electron chi connectivity index (χ3n) is 1.74. The molecule has 1 heterocycles. The van der Waals surface area contributed by atoms with Crippen LogP contribution in [0.3, 0.4) is 0 Å². The lowest BCUT2D eigenvalue weighted by Crippen LogP contribution is -1.73. The highest BCUT2D eigenvalue weighted by Crippen LogP contribution is 2.12. The number of nitrogens with one attached hydrogen (secondary N) is 1. The van der Waals surface area contributed by atoms with E-state index in [-0.39, 0.29) is 4.84 Å². The van der Waals surface area contributed by atoms with E-state index in [0.29, 0.717) is 5.89 Å². The first-order chi connectivity index (χ1) is 7.24. The van der Waals surface area contributed by atoms with Gasteiger partial charge in [0.15, 0.2) is 0 Å². The molecule has 76 valence electrons. The van der Waals surface area contributed by atoms with E-state index in [1.54, 1.807) is 6.08 Å². The smallest absolute Gasteiger partial charge is 0.284 e. The number of hydrogen-bond donors (Lipinski definition) is 1. The van der Waals surface area contributed by atoms with Crippen LogP contribution in [-0.2, 0) is 0 Å². The van der Waals surface area contributed by atoms with E-state index in [9.17, 15) is 0 Å². The first-order valence-corrected chi connectivity index (χ1v) is 5.43. The van der Waals surface area contributed by atoms with Gasteiger partial charge < -0.3 is 4.42 Å². The second-order valence-corrected chi connectivity index (χ2v) is 4.12. The molecule has 0 saturated heterocycles. The van der Waals surface area contributed by atoms with E-state index in [1.165, 1.54) is 0 Å². The van der Waals surface area contributed by atoms with Crippen molar-refractivity contribution in [2.75, 3.05) is 0 Å². The van der Waals surface area contributed by atoms with Gasteiger partial charge in [-0.2, -0.15) is 0 Å². The third kappa shape index (κ3) is 2.87. The first kappa shape index (κ1) is 10.3. The van der Waals surface area contributed by atoms with Crippen LogP contribution < -0.4 is 0 Å². The largest absolute Gasteiger partial charge is 0.410 e. The second kappa shape index (κ2) is 4.55. The minimum absolute atomic E-state index is 0.283. The van der Waals surface area contributed by atoms with E-state index >= 15 is 0 Å². The van der Waals surface area contributed by atoms with E-state index in [0.717, 1.165) is 10.0 Å². The summed E-state index contributed by atoms with van der Waals surface area (Å²) >= 11 is 8.13. The average molecular weight is 283 g/mol. The Balaban J connectivity index is 2.18. The molecule has 1 aromatic carbocycles. The zero-order valence-electron chi connectivity index (χ0n) is 7.61. The number of benzene rings is 1. The van der Waals surface area contributed by atoms with Crippen molar-refractivity contribution < 1.29 is 4.42 Å². The normalized spacial score (nSPS) is 11.0. The molecule has 0 fully saturated rings. The van der Waals surface area contributed by atoms with E-state index < -0.39 is 0 Å². The predicted octanol–water partition coefficient (Wildman–Crippen LogP) is 3.67. The van der Waals surface area contributed by atoms with Gasteiger partial charge in [-0.1, -0.05) is 28.1 Å². The van der Waals surface area contributed by atoms with Crippen molar-refractivity contribution in [3.05, 3.63) is 45.0 Å². The van der Waals surface area contributed by atoms with Crippen LogP contribution in [0, 0.1) is 4.84 Å². The molecule has 0 amide bonds. The standard InChI is InChI=1S/C10H7BrN2OS/c11-8-4-1-7(2-5-8)3-6-9-12-13-10(15)14-9/h1-6H,(H,13,15)/b6-3+. The Morgan fingerprint density at radius 1 is 1.27 bits per heavy atom. The first-order valence-electron chi connectivity index (χ1n) is 4.23. The quantitative estimate of drug-likeness (QED) is 0.855. The third-order valence-corrected chi connectivity index (χ3v) is 2.45. The SMILES string of the molecule is S=c1[nH]nc(/C=C/c2ccc(Br)cc2)o1. The zero-order chi connectivity index (χ0) is 10.7. The maximum Gasteiger partial charge on any atom is 0.284 e. The number of halogens is 1. The molecule has 1 aromatic heterocycles. The Bertz CT molecular complexity index is 527. The summed E-state index contributed by atoms with van der Waals surface area (Å²) in [5.41, 5.74) is 1.07. The Hall–Kier alpha value is -1.20. The van der Waals surface area contributed by atoms with Crippen LogP contribution in [-0.4, -0.2) is 10.2 Å². The van der Waals surface area contributed by atoms with Crippen molar-refractivity contribution in [3.8, 4) is 0 Å². The fourth-order valence-corrected chi connectivity index (χ4v) is 1.45. The molecule has 1 N–H and O–H groups in total. The summed E-state index contributed by atoms with van der Waals surface area (Å²) in [4.78, 5) is 0.283. The van der Waals surface area contributed by atoms with Gasteiger partial charge in [-0.15, -0.1) is 5.10 Å². The van der Waals surface area contributed by atoms with Crippen LogP contribution in [0.4, 0.5) is 0 Å². The lowest BCUT2D eigenvalue weighted by Gasteiger charge is -1.91. The fourth-order valence-electron chi connectivity index (χ4n) is 1.05. The van der Waals surface area contributed by atoms with Crippen molar-refractivity contribution >= 4 is 40.3 Å². The highest BCUT2D eigenvalue weighted by Gasteiger charge is 1.92. The van der Waals surface area contributed by atoms with E-state index in [2.05, 4.69) is 26.1 Å². The van der Waals surface area contributed by atoms with Crippen LogP contribution in [0.1, 0.15) is 11.5 Å². The van der Waals surface area contributed by atoms with Crippen LogP contribution in [0.2, 0.25) is 0 Å². The Morgan fingerprint density at radius 2 is 2.00 bits per heavy atom. The molecule has 0 atom stereocenters. The van der Waals surface area contributed by atoms with Crippen molar-refractivity contribution in [2.24, 2.45) is 0 Å². The van der Waals surface area contributed by atoms with Crippen LogP contribution in [0.25, 0.3) is 12.2 Å². The molecule has 0 spiro atoms. The molecule has 0 bridgehead atoms. The molecule has 0 unspecified atom stereocenters. The molecule has 0 aliphatic rings. The molecular formula is C10H7BrN2OS. The topological polar surface area (TPSA) is 41.8 Å². The van der Waals surface area contributed by atoms with Crippen molar-refractivity contribution in [2.45, 2.75) is 0 Å². The summed E-state index contributed by atoms with van der Waals surface area (Å²) in [7, 11) is 0. The maximum absolute atomic E-state index is 5.08. The molecule has 0 aliphatic carbocycles. The van der Waals surface area contributed by atoms with Crippen molar-refractivity contribution in [3.63, 3.8) is 0 Å². The number of hydrogen-bond acceptors (Lipinski definition) is 3. The number of nitrogens with zero attached hydrogens (tertiary/aromatic N) is 1. The fraction of sp³-hybridized carbons (Fsp3) is 0. The van der Waals surface area contributed by atoms with Gasteiger partial charge in [-0.05, 0) is 36.0 Å². The summed E-state index contributed by atoms with van der Waals surface area (Å²) in [6.07, 6.45) is 3.66. The summed E-state index contributed by atoms with van der Waals surface area (Å²) in [6.45, 7) is 0. The lowest BCUT2D eigenvalue weighted by molar-refractivity contribution is 0.527. The number of H-pyrrole nitrogens is 1. The summed E-state index contributed by atoms with van der Waals surface area (Å²) in [5.74, 6) is 0.475. The van der Waals surface area contributed by atoms with Gasteiger partial charge >= 0.3 is 0 Å². The van der Waals surface area contributed by atoms with Crippen LogP contribution in [0.5, 0.6) is 0 Å². The molecule has 0 radical (unpaired) electrons. The van der Waals surface area contributed by atoms with Crippen molar-refractivity contribution in [1.29, 1.82) is 0 Å². The second-order valence-electron chi connectivity index (χ2n) is 2.84. The van der Waals surface area contributed by atoms with Gasteiger partial charge in [0, 0.05) is 10.5 Å². The minimum atomic E-state index is 0.283. The number of aromatic nitrogens is 2. The monoisotopic (exact) mass is 282 g/mol. The predicted molar refractivity (Wildman–Crippen MR) is 64.8 cm³/mol. The van der Waals surface area contributed by atoms with Gasteiger partial charge in [0.05, 0.1) is 0 Å². The highest BCUT2D eigenvalue weighted by molar-refractivity contribution is 9.10. The minimum Gasteiger partial charge on any atom is -0.410 e. The van der Waals surface area contributed by atoms with Gasteiger partial charge in [-0.3, -0.25) is 0 Å². The van der Waals surface area contributed by atoms with Crippen LogP contribution in [0.15, 0.2) is 33.2 Å². The van der Waals surface area contributed by atoms with Crippen molar-refractivity contribution in [1.82, 2.24) is 10.2 Å². The number of rotatable bonds is 2. The summed E-state index contributed by atoms with van der Waals surface area (Å²) < 4.78 is 6.13. The molecule has 0 aliphatic heterocycles. The number of aromatic amines is 1. The molecule has 2 rings (SSSR count). The van der Waals surface area contributed by atoms with E-state index in [4.69, 9.17) is 16.6 Å². The van der Waals surface area contributed by atoms with Gasteiger partial charge in [-0.25, -0.2) is 5.10 Å². The lowest BCUT2D eigenvalue weighted by atomic mass is 10.2. The summed E-state index contributed by atoms with van der Waals surface area (Å²) in [6, 6.07) is 7.92. The van der Waals surface area contributed by atoms with Gasteiger partial charge in [0.1, 0.15) is 0 Å². The highest BCUT2D eigenvalue weighted by atomic mass is 79.9. The molecule has 2 aromatic rings. The molecule has 15 heavy (non-hydrogen) atoms. The zero-order valence-corrected chi connectivity index (χ0v) is 10.0. The summed E-state index contributed by atoms with van der Waals surface area (Å²) in [5, 5.41) is 6.41. The van der Waals surface area contributed by atoms with Gasteiger partial charge in [0.25, 0.3) is 4.84 Å². The van der Waals surface area contributed by atoms with Gasteiger partial charge in [0.2, 0.25) is 5.89 Å². The maximum atomic E-state index is 5.08. The molecule has 0 saturated carbocycles. The van der Waals surface area contributed by atoms with Crippen LogP contribution >= 0.6 is 28.1 Å². The Kier molecular flexibility index (Phi) is 3.13. The average Bonchev–Trinajstić information content (AvgIpc) is 2.64. The molecular weight excluding hydrogens is 276 g/mol. The van der Waals surface area contributed by atoms with E-state index in [1.807, 2.05) is 30.3 Å². The Labute approximate surface area is 100.0 Å². The Morgan fingerprint density at radius 3 is 2.60 bits per heavy atom. The molecule has 3 nitrogen and oxygen atoms in total.